The van der Waals surface area contributed by atoms with Crippen LogP contribution in [0, 0.1) is 0 Å². The molecule has 2 aliphatic rings. The predicted octanol–water partition coefficient (Wildman–Crippen LogP) is 2.47. The largest absolute Gasteiger partial charge is 0.356 e. The monoisotopic (exact) mass is 521 g/mol. The molecule has 0 atom stereocenters. The minimum atomic E-state index is 0. The van der Waals surface area contributed by atoms with Crippen molar-refractivity contribution >= 4 is 46.6 Å². The summed E-state index contributed by atoms with van der Waals surface area (Å²) in [6.07, 6.45) is 3.24. The number of piperazine rings is 1. The van der Waals surface area contributed by atoms with Crippen LogP contribution in [-0.2, 0) is 11.2 Å². The summed E-state index contributed by atoms with van der Waals surface area (Å²) < 4.78 is 0. The fraction of sp³-hybridized carbons (Fsp3) is 0.478. The Kier molecular flexibility index (Phi) is 8.32. The van der Waals surface area contributed by atoms with Crippen molar-refractivity contribution in [1.82, 2.24) is 20.4 Å². The van der Waals surface area contributed by atoms with E-state index in [1.54, 1.807) is 0 Å². The Morgan fingerprint density at radius 1 is 1.07 bits per heavy atom. The highest BCUT2D eigenvalue weighted by Gasteiger charge is 2.25. The fourth-order valence-corrected chi connectivity index (χ4v) is 3.97. The third-order valence-electron chi connectivity index (χ3n) is 5.75. The van der Waals surface area contributed by atoms with Crippen molar-refractivity contribution < 1.29 is 4.79 Å². The lowest BCUT2D eigenvalue weighted by atomic mass is 10.0. The van der Waals surface area contributed by atoms with Gasteiger partial charge in [0.05, 0.1) is 6.54 Å². The molecule has 0 aromatic heterocycles. The standard InChI is InChI=1S/C23H31N5O.HI/c1-24-23(25-12-11-19-7-4-6-18-5-2-3-8-21(18)19)28-15-13-27(14-16-28)17-22(29)26-20-9-10-20;/h2-8,20H,9-17H2,1H3,(H,24,25)(H,26,29);1H. The molecule has 7 heteroatoms. The van der Waals surface area contributed by atoms with Gasteiger partial charge in [-0.25, -0.2) is 0 Å². The second-order valence-corrected chi connectivity index (χ2v) is 7.97. The maximum atomic E-state index is 12.0. The molecule has 1 aliphatic heterocycles. The number of amides is 1. The van der Waals surface area contributed by atoms with Crippen molar-refractivity contribution in [2.24, 2.45) is 4.99 Å². The molecule has 1 saturated heterocycles. The molecule has 1 heterocycles. The predicted molar refractivity (Wildman–Crippen MR) is 134 cm³/mol. The Hall–Kier alpha value is -1.87. The highest BCUT2D eigenvalue weighted by Crippen LogP contribution is 2.19. The molecule has 4 rings (SSSR count). The summed E-state index contributed by atoms with van der Waals surface area (Å²) in [4.78, 5) is 21.0. The molecule has 1 aliphatic carbocycles. The van der Waals surface area contributed by atoms with Crippen LogP contribution in [0.2, 0.25) is 0 Å². The van der Waals surface area contributed by atoms with Gasteiger partial charge in [-0.2, -0.15) is 0 Å². The number of carbonyl (C=O) groups excluding carboxylic acids is 1. The summed E-state index contributed by atoms with van der Waals surface area (Å²) in [6.45, 7) is 4.93. The molecule has 0 unspecified atom stereocenters. The first kappa shape index (κ1) is 22.8. The lowest BCUT2D eigenvalue weighted by molar-refractivity contribution is -0.122. The molecule has 162 valence electrons. The number of nitrogens with one attached hydrogen (secondary N) is 2. The molecule has 1 amide bonds. The van der Waals surface area contributed by atoms with Gasteiger partial charge in [0.15, 0.2) is 5.96 Å². The van der Waals surface area contributed by atoms with Gasteiger partial charge in [-0.3, -0.25) is 14.7 Å². The number of halogens is 1. The van der Waals surface area contributed by atoms with E-state index in [4.69, 9.17) is 0 Å². The number of benzene rings is 2. The van der Waals surface area contributed by atoms with Gasteiger partial charge in [0.2, 0.25) is 5.91 Å². The molecule has 2 aromatic carbocycles. The smallest absolute Gasteiger partial charge is 0.234 e. The molecule has 1 saturated carbocycles. The number of fused-ring (bicyclic) bond motifs is 1. The topological polar surface area (TPSA) is 60.0 Å². The van der Waals surface area contributed by atoms with Gasteiger partial charge >= 0.3 is 0 Å². The van der Waals surface area contributed by atoms with Crippen molar-refractivity contribution in [2.45, 2.75) is 25.3 Å². The minimum absolute atomic E-state index is 0. The normalized spacial score (nSPS) is 17.5. The van der Waals surface area contributed by atoms with Crippen molar-refractivity contribution in [1.29, 1.82) is 0 Å². The van der Waals surface area contributed by atoms with E-state index in [-0.39, 0.29) is 29.9 Å². The second kappa shape index (κ2) is 10.9. The summed E-state index contributed by atoms with van der Waals surface area (Å²) in [7, 11) is 1.84. The van der Waals surface area contributed by atoms with Crippen molar-refractivity contribution in [3.05, 3.63) is 48.0 Å². The van der Waals surface area contributed by atoms with Gasteiger partial charge in [-0.05, 0) is 35.6 Å². The van der Waals surface area contributed by atoms with Crippen LogP contribution in [0.3, 0.4) is 0 Å². The van der Waals surface area contributed by atoms with Crippen LogP contribution < -0.4 is 10.6 Å². The highest BCUT2D eigenvalue weighted by molar-refractivity contribution is 14.0. The zero-order valence-corrected chi connectivity index (χ0v) is 20.0. The maximum Gasteiger partial charge on any atom is 0.234 e. The molecule has 2 aromatic rings. The molecule has 0 radical (unpaired) electrons. The van der Waals surface area contributed by atoms with Gasteiger partial charge < -0.3 is 15.5 Å². The Morgan fingerprint density at radius 3 is 2.53 bits per heavy atom. The van der Waals surface area contributed by atoms with E-state index >= 15 is 0 Å². The molecular formula is C23H32IN5O. The number of carbonyl (C=O) groups is 1. The summed E-state index contributed by atoms with van der Waals surface area (Å²) >= 11 is 0. The van der Waals surface area contributed by atoms with Crippen molar-refractivity contribution in [3.63, 3.8) is 0 Å². The van der Waals surface area contributed by atoms with Gasteiger partial charge in [-0.15, -0.1) is 24.0 Å². The maximum absolute atomic E-state index is 12.0. The SMILES string of the molecule is CN=C(NCCc1cccc2ccccc12)N1CCN(CC(=O)NC2CC2)CC1.I. The molecule has 30 heavy (non-hydrogen) atoms. The van der Waals surface area contributed by atoms with Crippen LogP contribution in [0.15, 0.2) is 47.5 Å². The van der Waals surface area contributed by atoms with Crippen LogP contribution in [0.1, 0.15) is 18.4 Å². The van der Waals surface area contributed by atoms with E-state index in [1.165, 1.54) is 16.3 Å². The highest BCUT2D eigenvalue weighted by atomic mass is 127. The van der Waals surface area contributed by atoms with Crippen LogP contribution in [-0.4, -0.2) is 74.0 Å². The minimum Gasteiger partial charge on any atom is -0.356 e. The lowest BCUT2D eigenvalue weighted by Gasteiger charge is -2.36. The molecule has 6 nitrogen and oxygen atoms in total. The first-order valence-electron chi connectivity index (χ1n) is 10.7. The Bertz CT molecular complexity index is 870. The number of rotatable bonds is 6. The van der Waals surface area contributed by atoms with Crippen LogP contribution in [0.25, 0.3) is 10.8 Å². The van der Waals surface area contributed by atoms with E-state index in [0.29, 0.717) is 12.6 Å². The van der Waals surface area contributed by atoms with E-state index < -0.39 is 0 Å². The van der Waals surface area contributed by atoms with Gasteiger partial charge in [0.25, 0.3) is 0 Å². The zero-order valence-electron chi connectivity index (χ0n) is 17.6. The van der Waals surface area contributed by atoms with Crippen LogP contribution in [0.5, 0.6) is 0 Å². The quantitative estimate of drug-likeness (QED) is 0.349. The molecular weight excluding hydrogens is 489 g/mol. The lowest BCUT2D eigenvalue weighted by Crippen LogP contribution is -2.54. The number of nitrogens with zero attached hydrogens (tertiary/aromatic N) is 3. The van der Waals surface area contributed by atoms with Crippen LogP contribution in [0.4, 0.5) is 0 Å². The molecule has 0 bridgehead atoms. The van der Waals surface area contributed by atoms with E-state index in [9.17, 15) is 4.79 Å². The number of hydrogen-bond donors (Lipinski definition) is 2. The van der Waals surface area contributed by atoms with Gasteiger partial charge in [0.1, 0.15) is 0 Å². The average molecular weight is 521 g/mol. The van der Waals surface area contributed by atoms with Gasteiger partial charge in [0, 0.05) is 45.8 Å². The second-order valence-electron chi connectivity index (χ2n) is 7.97. The molecule has 0 spiro atoms. The first-order valence-corrected chi connectivity index (χ1v) is 10.7. The summed E-state index contributed by atoms with van der Waals surface area (Å²) in [5.41, 5.74) is 1.36. The molecule has 2 fully saturated rings. The average Bonchev–Trinajstić information content (AvgIpc) is 3.56. The summed E-state index contributed by atoms with van der Waals surface area (Å²) in [5, 5.41) is 9.20. The Labute approximate surface area is 196 Å². The van der Waals surface area contributed by atoms with E-state index in [0.717, 1.165) is 57.9 Å². The van der Waals surface area contributed by atoms with Crippen molar-refractivity contribution in [3.8, 4) is 0 Å². The van der Waals surface area contributed by atoms with E-state index in [1.807, 2.05) is 7.05 Å². The van der Waals surface area contributed by atoms with E-state index in [2.05, 4.69) is 67.9 Å². The fourth-order valence-electron chi connectivity index (χ4n) is 3.97. The third kappa shape index (κ3) is 6.07. The zero-order chi connectivity index (χ0) is 20.1. The first-order chi connectivity index (χ1) is 14.2. The number of guanidine groups is 1. The Morgan fingerprint density at radius 2 is 1.80 bits per heavy atom. The van der Waals surface area contributed by atoms with Gasteiger partial charge in [-0.1, -0.05) is 42.5 Å². The van der Waals surface area contributed by atoms with Crippen molar-refractivity contribution in [2.75, 3.05) is 46.3 Å². The van der Waals surface area contributed by atoms with Crippen LogP contribution >= 0.6 is 24.0 Å². The molecule has 2 N–H and O–H groups in total. The number of hydrogen-bond acceptors (Lipinski definition) is 3. The summed E-state index contributed by atoms with van der Waals surface area (Å²) in [6, 6.07) is 15.5. The third-order valence-corrected chi connectivity index (χ3v) is 5.75. The number of aliphatic imine (C=N–C) groups is 1. The summed E-state index contributed by atoms with van der Waals surface area (Å²) in [5.74, 6) is 1.12. The Balaban J connectivity index is 0.00000256.